The maximum absolute atomic E-state index is 12.1. The molecule has 0 spiro atoms. The van der Waals surface area contributed by atoms with E-state index >= 15 is 0 Å². The van der Waals surface area contributed by atoms with Crippen LogP contribution in [0.3, 0.4) is 0 Å². The highest BCUT2D eigenvalue weighted by atomic mass is 16.2. The van der Waals surface area contributed by atoms with Crippen molar-refractivity contribution in [1.82, 2.24) is 0 Å². The van der Waals surface area contributed by atoms with E-state index in [0.29, 0.717) is 0 Å². The van der Waals surface area contributed by atoms with E-state index in [1.165, 1.54) is 5.01 Å². The van der Waals surface area contributed by atoms with Gasteiger partial charge in [-0.05, 0) is 25.5 Å². The Labute approximate surface area is 95.8 Å². The largest absolute Gasteiger partial charge is 0.272 e. The van der Waals surface area contributed by atoms with Gasteiger partial charge in [-0.25, -0.2) is 5.01 Å². The molecule has 0 saturated heterocycles. The molecule has 1 aromatic carbocycles. The topological polar surface area (TPSA) is 32.7 Å². The van der Waals surface area contributed by atoms with Crippen LogP contribution in [0.25, 0.3) is 0 Å². The standard InChI is InChI=1S/C13H16N2O/c1-3-7-12-10(2)14-15(13(12)16)11-8-5-4-6-9-11/h4-6,8-9,12H,3,7H2,1-2H3. The van der Waals surface area contributed by atoms with E-state index in [2.05, 4.69) is 12.0 Å². The third kappa shape index (κ3) is 1.85. The number of carbonyl (C=O) groups is 1. The predicted octanol–water partition coefficient (Wildman–Crippen LogP) is 2.83. The molecule has 3 nitrogen and oxygen atoms in total. The molecule has 1 atom stereocenters. The van der Waals surface area contributed by atoms with Gasteiger partial charge in [-0.15, -0.1) is 0 Å². The highest BCUT2D eigenvalue weighted by Crippen LogP contribution is 2.25. The zero-order valence-corrected chi connectivity index (χ0v) is 9.68. The van der Waals surface area contributed by atoms with Crippen LogP contribution < -0.4 is 5.01 Å². The van der Waals surface area contributed by atoms with E-state index < -0.39 is 0 Å². The second-order valence-electron chi connectivity index (χ2n) is 4.07. The van der Waals surface area contributed by atoms with Gasteiger partial charge in [0.25, 0.3) is 5.91 Å². The zero-order valence-electron chi connectivity index (χ0n) is 9.68. The van der Waals surface area contributed by atoms with Gasteiger partial charge in [-0.1, -0.05) is 31.5 Å². The molecule has 1 aromatic rings. The van der Waals surface area contributed by atoms with Crippen molar-refractivity contribution in [3.8, 4) is 0 Å². The maximum atomic E-state index is 12.1. The fourth-order valence-electron chi connectivity index (χ4n) is 1.98. The summed E-state index contributed by atoms with van der Waals surface area (Å²) in [6, 6.07) is 9.58. The average Bonchev–Trinajstić information content (AvgIpc) is 2.59. The van der Waals surface area contributed by atoms with Crippen molar-refractivity contribution in [1.29, 1.82) is 0 Å². The van der Waals surface area contributed by atoms with Crippen LogP contribution in [0.15, 0.2) is 35.4 Å². The van der Waals surface area contributed by atoms with Crippen LogP contribution in [-0.4, -0.2) is 11.6 Å². The molecule has 1 aliphatic heterocycles. The number of para-hydroxylation sites is 1. The van der Waals surface area contributed by atoms with E-state index in [1.807, 2.05) is 37.3 Å². The fourth-order valence-corrected chi connectivity index (χ4v) is 1.98. The van der Waals surface area contributed by atoms with Gasteiger partial charge in [-0.3, -0.25) is 4.79 Å². The van der Waals surface area contributed by atoms with Crippen molar-refractivity contribution in [2.45, 2.75) is 26.7 Å². The molecule has 1 aliphatic rings. The Morgan fingerprint density at radius 2 is 2.00 bits per heavy atom. The van der Waals surface area contributed by atoms with Crippen LogP contribution in [0.4, 0.5) is 5.69 Å². The first-order valence-electron chi connectivity index (χ1n) is 5.68. The summed E-state index contributed by atoms with van der Waals surface area (Å²) in [6.45, 7) is 4.02. The van der Waals surface area contributed by atoms with Crippen LogP contribution in [0, 0.1) is 5.92 Å². The van der Waals surface area contributed by atoms with Crippen LogP contribution in [0.5, 0.6) is 0 Å². The van der Waals surface area contributed by atoms with E-state index in [1.54, 1.807) is 0 Å². The lowest BCUT2D eigenvalue weighted by Crippen LogP contribution is -2.26. The van der Waals surface area contributed by atoms with Crippen molar-refractivity contribution < 1.29 is 4.79 Å². The molecule has 0 bridgehead atoms. The summed E-state index contributed by atoms with van der Waals surface area (Å²) in [4.78, 5) is 12.1. The second-order valence-corrected chi connectivity index (χ2v) is 4.07. The van der Waals surface area contributed by atoms with Crippen molar-refractivity contribution in [3.63, 3.8) is 0 Å². The lowest BCUT2D eigenvalue weighted by atomic mass is 9.99. The molecular formula is C13H16N2O. The molecule has 0 fully saturated rings. The molecule has 1 amide bonds. The van der Waals surface area contributed by atoms with Crippen LogP contribution in [0.2, 0.25) is 0 Å². The van der Waals surface area contributed by atoms with E-state index in [4.69, 9.17) is 0 Å². The molecule has 0 N–H and O–H groups in total. The predicted molar refractivity (Wildman–Crippen MR) is 65.4 cm³/mol. The third-order valence-electron chi connectivity index (χ3n) is 2.85. The monoisotopic (exact) mass is 216 g/mol. The van der Waals surface area contributed by atoms with Crippen molar-refractivity contribution in [2.24, 2.45) is 11.0 Å². The van der Waals surface area contributed by atoms with Gasteiger partial charge in [0.2, 0.25) is 0 Å². The number of hydrogen-bond acceptors (Lipinski definition) is 2. The van der Waals surface area contributed by atoms with Crippen LogP contribution in [-0.2, 0) is 4.79 Å². The Bertz CT molecular complexity index is 411. The van der Waals surface area contributed by atoms with E-state index in [0.717, 1.165) is 24.2 Å². The quantitative estimate of drug-likeness (QED) is 0.764. The summed E-state index contributed by atoms with van der Waals surface area (Å²) in [5, 5.41) is 5.86. The van der Waals surface area contributed by atoms with Gasteiger partial charge in [0, 0.05) is 5.71 Å². The molecule has 2 rings (SSSR count). The molecule has 0 radical (unpaired) electrons. The van der Waals surface area contributed by atoms with Gasteiger partial charge in [0.05, 0.1) is 11.6 Å². The second kappa shape index (κ2) is 4.47. The first-order chi connectivity index (χ1) is 7.74. The molecule has 3 heteroatoms. The Hall–Kier alpha value is -1.64. The maximum Gasteiger partial charge on any atom is 0.256 e. The number of hydrazone groups is 1. The SMILES string of the molecule is CCCC1C(=O)N(c2ccccc2)N=C1C. The van der Waals surface area contributed by atoms with Crippen LogP contribution >= 0.6 is 0 Å². The molecule has 16 heavy (non-hydrogen) atoms. The number of carbonyl (C=O) groups excluding carboxylic acids is 1. The van der Waals surface area contributed by atoms with Gasteiger partial charge >= 0.3 is 0 Å². The molecule has 84 valence electrons. The number of rotatable bonds is 3. The molecule has 0 aromatic heterocycles. The summed E-state index contributed by atoms with van der Waals surface area (Å²) in [6.07, 6.45) is 1.89. The molecule has 0 saturated carbocycles. The number of hydrogen-bond donors (Lipinski definition) is 0. The summed E-state index contributed by atoms with van der Waals surface area (Å²) in [5.41, 5.74) is 1.78. The normalized spacial score (nSPS) is 20.1. The van der Waals surface area contributed by atoms with E-state index in [9.17, 15) is 4.79 Å². The average molecular weight is 216 g/mol. The number of benzene rings is 1. The van der Waals surface area contributed by atoms with Gasteiger partial charge in [0.1, 0.15) is 0 Å². The Morgan fingerprint density at radius 1 is 1.31 bits per heavy atom. The van der Waals surface area contributed by atoms with Crippen molar-refractivity contribution >= 4 is 17.3 Å². The minimum Gasteiger partial charge on any atom is -0.272 e. The first-order valence-corrected chi connectivity index (χ1v) is 5.68. The van der Waals surface area contributed by atoms with Crippen molar-refractivity contribution in [2.75, 3.05) is 5.01 Å². The van der Waals surface area contributed by atoms with Crippen molar-refractivity contribution in [3.05, 3.63) is 30.3 Å². The van der Waals surface area contributed by atoms with E-state index in [-0.39, 0.29) is 11.8 Å². The Balaban J connectivity index is 2.24. The highest BCUT2D eigenvalue weighted by Gasteiger charge is 2.33. The summed E-state index contributed by atoms with van der Waals surface area (Å²) >= 11 is 0. The Morgan fingerprint density at radius 3 is 2.62 bits per heavy atom. The minimum absolute atomic E-state index is 0.0230. The molecular weight excluding hydrogens is 200 g/mol. The summed E-state index contributed by atoms with van der Waals surface area (Å²) < 4.78 is 0. The van der Waals surface area contributed by atoms with Crippen LogP contribution in [0.1, 0.15) is 26.7 Å². The smallest absolute Gasteiger partial charge is 0.256 e. The number of anilines is 1. The van der Waals surface area contributed by atoms with Gasteiger partial charge in [-0.2, -0.15) is 5.10 Å². The summed E-state index contributed by atoms with van der Waals surface area (Å²) in [7, 11) is 0. The van der Waals surface area contributed by atoms with Gasteiger partial charge < -0.3 is 0 Å². The third-order valence-corrected chi connectivity index (χ3v) is 2.85. The fraction of sp³-hybridized carbons (Fsp3) is 0.385. The number of nitrogens with zero attached hydrogens (tertiary/aromatic N) is 2. The molecule has 1 heterocycles. The van der Waals surface area contributed by atoms with Gasteiger partial charge in [0.15, 0.2) is 0 Å². The minimum atomic E-state index is -0.0230. The Kier molecular flexibility index (Phi) is 3.04. The lowest BCUT2D eigenvalue weighted by molar-refractivity contribution is -0.119. The molecule has 0 aliphatic carbocycles. The molecule has 1 unspecified atom stereocenters. The highest BCUT2D eigenvalue weighted by molar-refractivity contribution is 6.14. The summed E-state index contributed by atoms with van der Waals surface area (Å²) in [5.74, 6) is 0.0794. The first kappa shape index (κ1) is 10.9. The lowest BCUT2D eigenvalue weighted by Gasteiger charge is -2.13. The number of amides is 1. The zero-order chi connectivity index (χ0) is 11.5.